The van der Waals surface area contributed by atoms with Crippen LogP contribution in [0.3, 0.4) is 0 Å². The van der Waals surface area contributed by atoms with Crippen molar-refractivity contribution >= 4 is 21.6 Å². The lowest BCUT2D eigenvalue weighted by atomic mass is 9.92. The van der Waals surface area contributed by atoms with E-state index in [2.05, 4.69) is 34.8 Å². The van der Waals surface area contributed by atoms with Crippen LogP contribution in [0.25, 0.3) is 10.2 Å². The third-order valence-corrected chi connectivity index (χ3v) is 7.69. The van der Waals surface area contributed by atoms with Gasteiger partial charge in [-0.25, -0.2) is 9.97 Å². The molecule has 2 heterocycles. The maximum atomic E-state index is 9.99. The number of hydrogen-bond donors (Lipinski definition) is 1. The summed E-state index contributed by atoms with van der Waals surface area (Å²) >= 11 is 1.74. The molecule has 0 aromatic carbocycles. The van der Waals surface area contributed by atoms with Gasteiger partial charge in [-0.2, -0.15) is 0 Å². The Labute approximate surface area is 177 Å². The van der Waals surface area contributed by atoms with Crippen molar-refractivity contribution in [2.24, 2.45) is 0 Å². The Morgan fingerprint density at radius 3 is 2.83 bits per heavy atom. The molecule has 2 aliphatic rings. The normalized spacial score (nSPS) is 25.1. The predicted molar refractivity (Wildman–Crippen MR) is 118 cm³/mol. The number of nitrogens with zero attached hydrogens (tertiary/aromatic N) is 3. The van der Waals surface area contributed by atoms with Crippen LogP contribution < -0.4 is 4.74 Å². The SMILES string of the molecule is C#CC(O)C[C@H]1CCc2sc3ncnc(OC4CCC(N(C)CCC)CC4)c3c21. The fourth-order valence-electron chi connectivity index (χ4n) is 5.00. The van der Waals surface area contributed by atoms with Crippen LogP contribution in [0.1, 0.15) is 68.2 Å². The highest BCUT2D eigenvalue weighted by Crippen LogP contribution is 2.47. The number of fused-ring (bicyclic) bond motifs is 3. The van der Waals surface area contributed by atoms with Gasteiger partial charge in [0.05, 0.1) is 5.39 Å². The van der Waals surface area contributed by atoms with Crippen molar-refractivity contribution in [1.29, 1.82) is 0 Å². The van der Waals surface area contributed by atoms with Crippen LogP contribution in [0.15, 0.2) is 6.33 Å². The van der Waals surface area contributed by atoms with Gasteiger partial charge in [-0.1, -0.05) is 12.8 Å². The van der Waals surface area contributed by atoms with Crippen LogP contribution in [0.4, 0.5) is 0 Å². The molecular weight excluding hydrogens is 382 g/mol. The monoisotopic (exact) mass is 413 g/mol. The summed E-state index contributed by atoms with van der Waals surface area (Å²) in [6.07, 6.45) is 14.9. The van der Waals surface area contributed by atoms with Crippen molar-refractivity contribution in [3.63, 3.8) is 0 Å². The lowest BCUT2D eigenvalue weighted by Gasteiger charge is -2.34. The Morgan fingerprint density at radius 1 is 1.31 bits per heavy atom. The molecule has 0 saturated heterocycles. The van der Waals surface area contributed by atoms with Crippen LogP contribution in [0.2, 0.25) is 0 Å². The summed E-state index contributed by atoms with van der Waals surface area (Å²) in [5, 5.41) is 11.1. The third-order valence-electron chi connectivity index (χ3n) is 6.52. The number of ether oxygens (including phenoxy) is 1. The Bertz CT molecular complexity index is 882. The summed E-state index contributed by atoms with van der Waals surface area (Å²) in [7, 11) is 2.24. The maximum absolute atomic E-state index is 9.99. The highest BCUT2D eigenvalue weighted by molar-refractivity contribution is 7.19. The summed E-state index contributed by atoms with van der Waals surface area (Å²) < 4.78 is 6.45. The first-order valence-corrected chi connectivity index (χ1v) is 11.7. The van der Waals surface area contributed by atoms with Gasteiger partial charge in [0.2, 0.25) is 5.88 Å². The molecule has 5 nitrogen and oxygen atoms in total. The summed E-state index contributed by atoms with van der Waals surface area (Å²) in [6.45, 7) is 3.40. The quantitative estimate of drug-likeness (QED) is 0.692. The van der Waals surface area contributed by atoms with E-state index >= 15 is 0 Å². The van der Waals surface area contributed by atoms with Gasteiger partial charge in [-0.05, 0) is 76.4 Å². The van der Waals surface area contributed by atoms with Gasteiger partial charge in [-0.15, -0.1) is 17.8 Å². The Kier molecular flexibility index (Phi) is 6.38. The molecule has 1 N–H and O–H groups in total. The molecule has 2 aliphatic carbocycles. The van der Waals surface area contributed by atoms with Gasteiger partial charge >= 0.3 is 0 Å². The number of hydrogen-bond acceptors (Lipinski definition) is 6. The zero-order chi connectivity index (χ0) is 20.4. The van der Waals surface area contributed by atoms with Gasteiger partial charge in [0.25, 0.3) is 0 Å². The van der Waals surface area contributed by atoms with Crippen LogP contribution in [0, 0.1) is 12.3 Å². The third kappa shape index (κ3) is 4.28. The first-order valence-electron chi connectivity index (χ1n) is 10.9. The summed E-state index contributed by atoms with van der Waals surface area (Å²) in [4.78, 5) is 13.9. The predicted octanol–water partition coefficient (Wildman–Crippen LogP) is 4.14. The first-order chi connectivity index (χ1) is 14.1. The van der Waals surface area contributed by atoms with Crippen LogP contribution >= 0.6 is 11.3 Å². The number of aromatic nitrogens is 2. The fourth-order valence-corrected chi connectivity index (χ4v) is 6.23. The summed E-state index contributed by atoms with van der Waals surface area (Å²) in [5.41, 5.74) is 1.27. The average Bonchev–Trinajstić information content (AvgIpc) is 3.28. The van der Waals surface area contributed by atoms with Gasteiger partial charge in [0, 0.05) is 10.9 Å². The Balaban J connectivity index is 1.51. The molecule has 2 atom stereocenters. The van der Waals surface area contributed by atoms with E-state index < -0.39 is 6.10 Å². The van der Waals surface area contributed by atoms with Gasteiger partial charge < -0.3 is 14.7 Å². The van der Waals surface area contributed by atoms with E-state index in [1.807, 2.05) is 0 Å². The number of aryl methyl sites for hydroxylation is 1. The van der Waals surface area contributed by atoms with E-state index in [1.165, 1.54) is 29.7 Å². The average molecular weight is 414 g/mol. The maximum Gasteiger partial charge on any atom is 0.225 e. The van der Waals surface area contributed by atoms with E-state index in [0.29, 0.717) is 12.5 Å². The molecule has 1 fully saturated rings. The van der Waals surface area contributed by atoms with Crippen LogP contribution in [-0.4, -0.2) is 51.8 Å². The van der Waals surface area contributed by atoms with Crippen molar-refractivity contribution in [3.8, 4) is 18.2 Å². The molecule has 1 saturated carbocycles. The molecular formula is C23H31N3O2S. The van der Waals surface area contributed by atoms with Gasteiger partial charge in [-0.3, -0.25) is 0 Å². The number of thiophene rings is 1. The van der Waals surface area contributed by atoms with Crippen molar-refractivity contribution in [1.82, 2.24) is 14.9 Å². The minimum Gasteiger partial charge on any atom is -0.474 e. The molecule has 0 amide bonds. The Hall–Kier alpha value is -1.68. The fraction of sp³-hybridized carbons (Fsp3) is 0.652. The molecule has 0 aliphatic heterocycles. The van der Waals surface area contributed by atoms with Crippen LogP contribution in [0.5, 0.6) is 5.88 Å². The van der Waals surface area contributed by atoms with Crippen molar-refractivity contribution < 1.29 is 9.84 Å². The highest BCUT2D eigenvalue weighted by Gasteiger charge is 2.32. The number of rotatable bonds is 7. The zero-order valence-corrected chi connectivity index (χ0v) is 18.2. The molecule has 1 unspecified atom stereocenters. The number of aliphatic hydroxyl groups is 1. The van der Waals surface area contributed by atoms with E-state index in [-0.39, 0.29) is 12.0 Å². The molecule has 0 bridgehead atoms. The molecule has 2 aromatic rings. The minimum absolute atomic E-state index is 0.214. The molecule has 29 heavy (non-hydrogen) atoms. The molecule has 4 rings (SSSR count). The topological polar surface area (TPSA) is 58.5 Å². The summed E-state index contributed by atoms with van der Waals surface area (Å²) in [5.74, 6) is 3.44. The van der Waals surface area contributed by atoms with E-state index in [1.54, 1.807) is 17.7 Å². The summed E-state index contributed by atoms with van der Waals surface area (Å²) in [6, 6.07) is 0.667. The number of terminal acetylenes is 1. The molecule has 0 spiro atoms. The molecule has 156 valence electrons. The van der Waals surface area contributed by atoms with E-state index in [0.717, 1.165) is 48.3 Å². The van der Waals surface area contributed by atoms with Gasteiger partial charge in [0.15, 0.2) is 0 Å². The minimum atomic E-state index is -0.703. The van der Waals surface area contributed by atoms with E-state index in [4.69, 9.17) is 11.2 Å². The largest absolute Gasteiger partial charge is 0.474 e. The second-order valence-electron chi connectivity index (χ2n) is 8.48. The second-order valence-corrected chi connectivity index (χ2v) is 9.56. The highest BCUT2D eigenvalue weighted by atomic mass is 32.1. The van der Waals surface area contributed by atoms with Crippen molar-refractivity contribution in [2.75, 3.05) is 13.6 Å². The second kappa shape index (κ2) is 8.99. The molecule has 2 aromatic heterocycles. The Morgan fingerprint density at radius 2 is 2.10 bits per heavy atom. The number of aliphatic hydroxyl groups excluding tert-OH is 1. The van der Waals surface area contributed by atoms with Crippen molar-refractivity contribution in [2.45, 2.75) is 82.5 Å². The zero-order valence-electron chi connectivity index (χ0n) is 17.4. The molecule has 0 radical (unpaired) electrons. The lowest BCUT2D eigenvalue weighted by Crippen LogP contribution is -2.38. The standard InChI is InChI=1S/C23H31N3O2S/c1-4-12-26(3)16-7-9-18(10-8-16)28-22-21-20-15(13-17(27)5-2)6-11-19(20)29-23(21)25-14-24-22/h2,14-18,27H,4,6-13H2,1,3H3/t15-,16?,17?,18?/m1/s1. The smallest absolute Gasteiger partial charge is 0.225 e. The van der Waals surface area contributed by atoms with Gasteiger partial charge in [0.1, 0.15) is 23.4 Å². The first kappa shape index (κ1) is 20.6. The molecule has 6 heteroatoms. The van der Waals surface area contributed by atoms with E-state index in [9.17, 15) is 5.11 Å². The van der Waals surface area contributed by atoms with Crippen LogP contribution in [-0.2, 0) is 6.42 Å². The van der Waals surface area contributed by atoms with Crippen molar-refractivity contribution in [3.05, 3.63) is 16.8 Å². The lowest BCUT2D eigenvalue weighted by molar-refractivity contribution is 0.0986.